The van der Waals surface area contributed by atoms with Crippen LogP contribution in [0.5, 0.6) is 11.5 Å². The Morgan fingerprint density at radius 3 is 2.52 bits per heavy atom. The first kappa shape index (κ1) is 19.2. The predicted molar refractivity (Wildman–Crippen MR) is 104 cm³/mol. The fraction of sp³-hybridized carbons (Fsp3) is 0.400. The molecule has 0 bridgehead atoms. The molecule has 1 aromatic heterocycles. The second-order valence-corrected chi connectivity index (χ2v) is 7.49. The van der Waals surface area contributed by atoms with Gasteiger partial charge < -0.3 is 19.7 Å². The SMILES string of the molecule is COc1cc2c(cc1OC)CN(C(=O)CC(NC(C)=O)c1cccs1)CC2. The minimum atomic E-state index is -0.290. The number of nitrogens with one attached hydrogen (secondary N) is 1. The summed E-state index contributed by atoms with van der Waals surface area (Å²) in [6.07, 6.45) is 1.02. The van der Waals surface area contributed by atoms with Crippen LogP contribution in [0.15, 0.2) is 29.6 Å². The first-order valence-electron chi connectivity index (χ1n) is 8.84. The Labute approximate surface area is 163 Å². The average Bonchev–Trinajstić information content (AvgIpc) is 3.20. The molecule has 1 unspecified atom stereocenters. The first-order chi connectivity index (χ1) is 13.0. The number of hydrogen-bond donors (Lipinski definition) is 1. The first-order valence-corrected chi connectivity index (χ1v) is 9.71. The van der Waals surface area contributed by atoms with E-state index in [0.29, 0.717) is 24.6 Å². The number of hydrogen-bond acceptors (Lipinski definition) is 5. The molecule has 2 heterocycles. The number of benzene rings is 1. The molecule has 144 valence electrons. The van der Waals surface area contributed by atoms with Crippen LogP contribution in [0.3, 0.4) is 0 Å². The van der Waals surface area contributed by atoms with E-state index in [9.17, 15) is 9.59 Å². The summed E-state index contributed by atoms with van der Waals surface area (Å²) in [5.41, 5.74) is 2.24. The van der Waals surface area contributed by atoms with Crippen LogP contribution >= 0.6 is 11.3 Å². The molecular weight excluding hydrogens is 364 g/mol. The molecule has 1 aliphatic heterocycles. The quantitative estimate of drug-likeness (QED) is 0.826. The normalized spacial score (nSPS) is 14.3. The van der Waals surface area contributed by atoms with Gasteiger partial charge in [-0.1, -0.05) is 6.07 Å². The molecule has 1 aliphatic rings. The number of ether oxygens (including phenoxy) is 2. The Hall–Kier alpha value is -2.54. The minimum Gasteiger partial charge on any atom is -0.493 e. The number of methoxy groups -OCH3 is 2. The highest BCUT2D eigenvalue weighted by Gasteiger charge is 2.26. The molecule has 6 nitrogen and oxygen atoms in total. The van der Waals surface area contributed by atoms with Crippen LogP contribution in [0, 0.1) is 0 Å². The van der Waals surface area contributed by atoms with Crippen molar-refractivity contribution in [1.82, 2.24) is 10.2 Å². The Kier molecular flexibility index (Phi) is 6.01. The highest BCUT2D eigenvalue weighted by atomic mass is 32.1. The van der Waals surface area contributed by atoms with Crippen molar-refractivity contribution in [3.8, 4) is 11.5 Å². The van der Waals surface area contributed by atoms with E-state index in [1.807, 2.05) is 34.5 Å². The van der Waals surface area contributed by atoms with E-state index in [1.165, 1.54) is 12.5 Å². The number of carbonyl (C=O) groups excluding carboxylic acids is 2. The van der Waals surface area contributed by atoms with Crippen molar-refractivity contribution in [2.45, 2.75) is 32.4 Å². The number of nitrogens with zero attached hydrogens (tertiary/aromatic N) is 1. The van der Waals surface area contributed by atoms with Crippen LogP contribution in [0.1, 0.15) is 35.4 Å². The summed E-state index contributed by atoms with van der Waals surface area (Å²) in [6, 6.07) is 7.51. The third-order valence-corrected chi connectivity index (χ3v) is 5.70. The lowest BCUT2D eigenvalue weighted by atomic mass is 9.98. The Morgan fingerprint density at radius 2 is 1.93 bits per heavy atom. The highest BCUT2D eigenvalue weighted by Crippen LogP contribution is 2.33. The Morgan fingerprint density at radius 1 is 1.22 bits per heavy atom. The molecule has 7 heteroatoms. The van der Waals surface area contributed by atoms with Gasteiger partial charge in [-0.2, -0.15) is 0 Å². The predicted octanol–water partition coefficient (Wildman–Crippen LogP) is 2.92. The molecular formula is C20H24N2O4S. The molecule has 2 amide bonds. The second-order valence-electron chi connectivity index (χ2n) is 6.51. The maximum atomic E-state index is 12.9. The summed E-state index contributed by atoms with van der Waals surface area (Å²) in [5.74, 6) is 1.27. The van der Waals surface area contributed by atoms with Gasteiger partial charge in [-0.15, -0.1) is 11.3 Å². The van der Waals surface area contributed by atoms with Crippen LogP contribution < -0.4 is 14.8 Å². The van der Waals surface area contributed by atoms with Gasteiger partial charge >= 0.3 is 0 Å². The number of amides is 2. The average molecular weight is 388 g/mol. The third kappa shape index (κ3) is 4.42. The van der Waals surface area contributed by atoms with Crippen molar-refractivity contribution in [2.24, 2.45) is 0 Å². The van der Waals surface area contributed by atoms with E-state index in [-0.39, 0.29) is 24.3 Å². The molecule has 0 fully saturated rings. The zero-order valence-corrected chi connectivity index (χ0v) is 16.6. The van der Waals surface area contributed by atoms with Crippen LogP contribution in [-0.2, 0) is 22.6 Å². The van der Waals surface area contributed by atoms with Crippen LogP contribution in [-0.4, -0.2) is 37.5 Å². The monoisotopic (exact) mass is 388 g/mol. The number of rotatable bonds is 6. The Bertz CT molecular complexity index is 820. The minimum absolute atomic E-state index is 0.0302. The van der Waals surface area contributed by atoms with Crippen molar-refractivity contribution < 1.29 is 19.1 Å². The van der Waals surface area contributed by atoms with Crippen LogP contribution in [0.4, 0.5) is 0 Å². The highest BCUT2D eigenvalue weighted by molar-refractivity contribution is 7.10. The molecule has 1 atom stereocenters. The summed E-state index contributed by atoms with van der Waals surface area (Å²) >= 11 is 1.54. The molecule has 27 heavy (non-hydrogen) atoms. The van der Waals surface area contributed by atoms with E-state index in [1.54, 1.807) is 25.6 Å². The number of fused-ring (bicyclic) bond motifs is 1. The maximum Gasteiger partial charge on any atom is 0.225 e. The smallest absolute Gasteiger partial charge is 0.225 e. The zero-order valence-electron chi connectivity index (χ0n) is 15.8. The fourth-order valence-corrected chi connectivity index (χ4v) is 4.14. The molecule has 0 radical (unpaired) electrons. The molecule has 0 saturated carbocycles. The lowest BCUT2D eigenvalue weighted by Crippen LogP contribution is -2.38. The molecule has 1 N–H and O–H groups in total. The van der Waals surface area contributed by atoms with Gasteiger partial charge in [0.25, 0.3) is 0 Å². The van der Waals surface area contributed by atoms with E-state index < -0.39 is 0 Å². The fourth-order valence-electron chi connectivity index (χ4n) is 3.36. The van der Waals surface area contributed by atoms with Crippen LogP contribution in [0.2, 0.25) is 0 Å². The summed E-state index contributed by atoms with van der Waals surface area (Å²) in [7, 11) is 3.23. The maximum absolute atomic E-state index is 12.9. The number of thiophene rings is 1. The van der Waals surface area contributed by atoms with Crippen molar-refractivity contribution in [3.05, 3.63) is 45.6 Å². The molecule has 3 rings (SSSR count). The van der Waals surface area contributed by atoms with Crippen molar-refractivity contribution in [3.63, 3.8) is 0 Å². The van der Waals surface area contributed by atoms with E-state index >= 15 is 0 Å². The topological polar surface area (TPSA) is 67.9 Å². The van der Waals surface area contributed by atoms with Gasteiger partial charge in [0.05, 0.1) is 26.7 Å². The summed E-state index contributed by atoms with van der Waals surface area (Å²) < 4.78 is 10.7. The van der Waals surface area contributed by atoms with E-state index in [0.717, 1.165) is 16.9 Å². The molecule has 0 aliphatic carbocycles. The largest absolute Gasteiger partial charge is 0.493 e. The van der Waals surface area contributed by atoms with Crippen LogP contribution in [0.25, 0.3) is 0 Å². The summed E-state index contributed by atoms with van der Waals surface area (Å²) in [4.78, 5) is 27.3. The third-order valence-electron chi connectivity index (χ3n) is 4.71. The standard InChI is InChI=1S/C20H24N2O4S/c1-13(23)21-16(19-5-4-8-27-19)11-20(24)22-7-6-14-9-17(25-2)18(26-3)10-15(14)12-22/h4-5,8-10,16H,6-7,11-12H2,1-3H3,(H,21,23). The van der Waals surface area contributed by atoms with Gasteiger partial charge in [0.2, 0.25) is 11.8 Å². The lowest BCUT2D eigenvalue weighted by molar-refractivity contribution is -0.133. The lowest BCUT2D eigenvalue weighted by Gasteiger charge is -2.31. The second kappa shape index (κ2) is 8.43. The zero-order chi connectivity index (χ0) is 19.4. The molecule has 0 spiro atoms. The van der Waals surface area contributed by atoms with Gasteiger partial charge in [-0.05, 0) is 41.1 Å². The van der Waals surface area contributed by atoms with Gasteiger partial charge in [-0.25, -0.2) is 0 Å². The van der Waals surface area contributed by atoms with Gasteiger partial charge in [0.15, 0.2) is 11.5 Å². The Balaban J connectivity index is 1.74. The molecule has 0 saturated heterocycles. The van der Waals surface area contributed by atoms with E-state index in [4.69, 9.17) is 9.47 Å². The number of carbonyl (C=O) groups is 2. The summed E-state index contributed by atoms with van der Waals surface area (Å²) in [5, 5.41) is 4.84. The van der Waals surface area contributed by atoms with Crippen molar-refractivity contribution >= 4 is 23.2 Å². The van der Waals surface area contributed by atoms with Gasteiger partial charge in [-0.3, -0.25) is 9.59 Å². The van der Waals surface area contributed by atoms with Gasteiger partial charge in [0, 0.05) is 24.9 Å². The van der Waals surface area contributed by atoms with E-state index in [2.05, 4.69) is 5.32 Å². The molecule has 1 aromatic carbocycles. The van der Waals surface area contributed by atoms with Crippen molar-refractivity contribution in [1.29, 1.82) is 0 Å². The van der Waals surface area contributed by atoms with Crippen molar-refractivity contribution in [2.75, 3.05) is 20.8 Å². The summed E-state index contributed by atoms with van der Waals surface area (Å²) in [6.45, 7) is 2.66. The molecule has 2 aromatic rings. The van der Waals surface area contributed by atoms with Gasteiger partial charge in [0.1, 0.15) is 0 Å².